The van der Waals surface area contributed by atoms with Crippen LogP contribution in [0.2, 0.25) is 0 Å². The molecule has 2 heterocycles. The zero-order valence-electron chi connectivity index (χ0n) is 17.2. The number of amides is 2. The summed E-state index contributed by atoms with van der Waals surface area (Å²) in [5.41, 5.74) is 4.18. The standard InChI is InChI=1S/C23H21N3O2S3/c1-14-5-8-16(9-6-14)13-19-21(28)26(23(29)31-19)11-3-4-20(27)25-22-24-17-10-7-15(2)12-18(17)30-22/h5-10,12-13H,3-4,11H2,1-2H3,(H,24,25,27)/b19-13-. The van der Waals surface area contributed by atoms with Gasteiger partial charge in [-0.25, -0.2) is 4.98 Å². The van der Waals surface area contributed by atoms with Gasteiger partial charge in [-0.1, -0.05) is 71.2 Å². The predicted molar refractivity (Wildman–Crippen MR) is 133 cm³/mol. The van der Waals surface area contributed by atoms with Crippen LogP contribution in [0.1, 0.15) is 29.5 Å². The molecule has 0 saturated carbocycles. The third kappa shape index (κ3) is 5.20. The van der Waals surface area contributed by atoms with Crippen LogP contribution >= 0.6 is 35.3 Å². The number of fused-ring (bicyclic) bond motifs is 1. The molecule has 0 aliphatic carbocycles. The van der Waals surface area contributed by atoms with Crippen molar-refractivity contribution in [1.82, 2.24) is 9.88 Å². The number of anilines is 1. The maximum Gasteiger partial charge on any atom is 0.266 e. The Kier molecular flexibility index (Phi) is 6.50. The molecule has 1 N–H and O–H groups in total. The zero-order valence-corrected chi connectivity index (χ0v) is 19.6. The minimum Gasteiger partial charge on any atom is -0.302 e. The number of thiocarbonyl (C=S) groups is 1. The highest BCUT2D eigenvalue weighted by Gasteiger charge is 2.31. The van der Waals surface area contributed by atoms with Crippen molar-refractivity contribution >= 4 is 72.9 Å². The molecule has 4 rings (SSSR count). The van der Waals surface area contributed by atoms with Gasteiger partial charge in [0.1, 0.15) is 4.32 Å². The number of aromatic nitrogens is 1. The van der Waals surface area contributed by atoms with Crippen molar-refractivity contribution < 1.29 is 9.59 Å². The molecule has 0 bridgehead atoms. The van der Waals surface area contributed by atoms with Crippen LogP contribution in [0, 0.1) is 13.8 Å². The largest absolute Gasteiger partial charge is 0.302 e. The van der Waals surface area contributed by atoms with E-state index in [0.717, 1.165) is 21.3 Å². The van der Waals surface area contributed by atoms with Crippen molar-refractivity contribution in [2.45, 2.75) is 26.7 Å². The number of benzene rings is 2. The second-order valence-corrected chi connectivity index (χ2v) is 10.1. The van der Waals surface area contributed by atoms with Crippen molar-refractivity contribution in [3.63, 3.8) is 0 Å². The molecule has 0 radical (unpaired) electrons. The first kappa shape index (κ1) is 21.7. The van der Waals surface area contributed by atoms with Gasteiger partial charge in [-0.15, -0.1) is 0 Å². The first-order valence-corrected chi connectivity index (χ1v) is 11.9. The summed E-state index contributed by atoms with van der Waals surface area (Å²) >= 11 is 8.15. The number of hydrogen-bond acceptors (Lipinski definition) is 6. The lowest BCUT2D eigenvalue weighted by atomic mass is 10.1. The molecular weight excluding hydrogens is 446 g/mol. The van der Waals surface area contributed by atoms with Gasteiger partial charge in [-0.2, -0.15) is 0 Å². The van der Waals surface area contributed by atoms with Gasteiger partial charge in [0.15, 0.2) is 5.13 Å². The summed E-state index contributed by atoms with van der Waals surface area (Å²) < 4.78 is 1.58. The summed E-state index contributed by atoms with van der Waals surface area (Å²) in [5.74, 6) is -0.214. The fraction of sp³-hybridized carbons (Fsp3) is 0.217. The van der Waals surface area contributed by atoms with Gasteiger partial charge in [-0.05, 0) is 49.6 Å². The zero-order chi connectivity index (χ0) is 22.0. The van der Waals surface area contributed by atoms with E-state index in [1.165, 1.54) is 28.7 Å². The highest BCUT2D eigenvalue weighted by atomic mass is 32.2. The lowest BCUT2D eigenvalue weighted by molar-refractivity contribution is -0.122. The van der Waals surface area contributed by atoms with Crippen molar-refractivity contribution in [1.29, 1.82) is 0 Å². The number of carbonyl (C=O) groups is 2. The quantitative estimate of drug-likeness (QED) is 0.381. The number of nitrogens with zero attached hydrogens (tertiary/aromatic N) is 2. The lowest BCUT2D eigenvalue weighted by Crippen LogP contribution is -2.29. The minimum absolute atomic E-state index is 0.0995. The Labute approximate surface area is 194 Å². The van der Waals surface area contributed by atoms with Crippen LogP contribution in [0.15, 0.2) is 47.4 Å². The number of thioether (sulfide) groups is 1. The van der Waals surface area contributed by atoms with Crippen LogP contribution in [0.5, 0.6) is 0 Å². The molecule has 0 atom stereocenters. The Balaban J connectivity index is 1.31. The van der Waals surface area contributed by atoms with Gasteiger partial charge in [-0.3, -0.25) is 14.5 Å². The van der Waals surface area contributed by atoms with E-state index in [4.69, 9.17) is 12.2 Å². The predicted octanol–water partition coefficient (Wildman–Crippen LogP) is 5.53. The van der Waals surface area contributed by atoms with E-state index in [0.29, 0.717) is 33.7 Å². The lowest BCUT2D eigenvalue weighted by Gasteiger charge is -2.13. The summed E-state index contributed by atoms with van der Waals surface area (Å²) in [6, 6.07) is 14.0. The SMILES string of the molecule is Cc1ccc(/C=C2\SC(=S)N(CCCC(=O)Nc3nc4ccc(C)cc4s3)C2=O)cc1. The molecule has 2 aromatic carbocycles. The molecule has 1 aromatic heterocycles. The Bertz CT molecular complexity index is 1200. The average Bonchev–Trinajstić information content (AvgIpc) is 3.24. The third-order valence-corrected chi connectivity index (χ3v) is 7.14. The smallest absolute Gasteiger partial charge is 0.266 e. The fourth-order valence-corrected chi connectivity index (χ4v) is 5.46. The van der Waals surface area contributed by atoms with Crippen LogP contribution in [0.25, 0.3) is 16.3 Å². The molecule has 8 heteroatoms. The molecule has 158 valence electrons. The molecule has 5 nitrogen and oxygen atoms in total. The molecule has 1 fully saturated rings. The number of hydrogen-bond donors (Lipinski definition) is 1. The van der Waals surface area contributed by atoms with Crippen molar-refractivity contribution in [3.8, 4) is 0 Å². The topological polar surface area (TPSA) is 62.3 Å². The minimum atomic E-state index is -0.114. The van der Waals surface area contributed by atoms with Crippen molar-refractivity contribution in [2.24, 2.45) is 0 Å². The van der Waals surface area contributed by atoms with Gasteiger partial charge < -0.3 is 5.32 Å². The maximum atomic E-state index is 12.7. The Morgan fingerprint density at radius 2 is 1.90 bits per heavy atom. The Morgan fingerprint density at radius 3 is 2.68 bits per heavy atom. The second-order valence-electron chi connectivity index (χ2n) is 7.39. The van der Waals surface area contributed by atoms with Crippen LogP contribution in [-0.4, -0.2) is 32.6 Å². The van der Waals surface area contributed by atoms with E-state index in [1.54, 1.807) is 4.90 Å². The number of aryl methyl sites for hydroxylation is 2. The second kappa shape index (κ2) is 9.30. The molecule has 3 aromatic rings. The molecule has 1 aliphatic heterocycles. The summed E-state index contributed by atoms with van der Waals surface area (Å²) in [5, 5.41) is 3.45. The van der Waals surface area contributed by atoms with Crippen molar-refractivity contribution in [2.75, 3.05) is 11.9 Å². The Morgan fingerprint density at radius 1 is 1.16 bits per heavy atom. The number of nitrogens with one attached hydrogen (secondary N) is 1. The first-order chi connectivity index (χ1) is 14.9. The highest BCUT2D eigenvalue weighted by Crippen LogP contribution is 2.33. The van der Waals surface area contributed by atoms with Gasteiger partial charge in [0.25, 0.3) is 5.91 Å². The average molecular weight is 468 g/mol. The molecule has 1 saturated heterocycles. The first-order valence-electron chi connectivity index (χ1n) is 9.88. The highest BCUT2D eigenvalue weighted by molar-refractivity contribution is 8.26. The normalized spacial score (nSPS) is 15.3. The van der Waals surface area contributed by atoms with E-state index >= 15 is 0 Å². The monoisotopic (exact) mass is 467 g/mol. The van der Waals surface area contributed by atoms with Gasteiger partial charge in [0, 0.05) is 13.0 Å². The molecular formula is C23H21N3O2S3. The summed E-state index contributed by atoms with van der Waals surface area (Å²) in [6.45, 7) is 4.47. The van der Waals surface area contributed by atoms with E-state index in [-0.39, 0.29) is 11.8 Å². The van der Waals surface area contributed by atoms with E-state index in [9.17, 15) is 9.59 Å². The summed E-state index contributed by atoms with van der Waals surface area (Å²) in [4.78, 5) is 31.7. The summed E-state index contributed by atoms with van der Waals surface area (Å²) in [7, 11) is 0. The Hall–Kier alpha value is -2.55. The number of rotatable bonds is 6. The van der Waals surface area contributed by atoms with Gasteiger partial charge in [0.05, 0.1) is 15.1 Å². The third-order valence-electron chi connectivity index (χ3n) is 4.82. The molecule has 2 amide bonds. The van der Waals surface area contributed by atoms with E-state index < -0.39 is 0 Å². The van der Waals surface area contributed by atoms with E-state index in [1.807, 2.05) is 56.3 Å². The van der Waals surface area contributed by atoms with Crippen LogP contribution in [-0.2, 0) is 9.59 Å². The van der Waals surface area contributed by atoms with E-state index in [2.05, 4.69) is 16.4 Å². The molecule has 0 spiro atoms. The number of carbonyl (C=O) groups excluding carboxylic acids is 2. The molecule has 31 heavy (non-hydrogen) atoms. The van der Waals surface area contributed by atoms with Crippen LogP contribution in [0.3, 0.4) is 0 Å². The van der Waals surface area contributed by atoms with Crippen molar-refractivity contribution in [3.05, 3.63) is 64.1 Å². The molecule has 1 aliphatic rings. The van der Waals surface area contributed by atoms with Crippen LogP contribution in [0.4, 0.5) is 5.13 Å². The summed E-state index contributed by atoms with van der Waals surface area (Å²) in [6.07, 6.45) is 2.68. The fourth-order valence-electron chi connectivity index (χ4n) is 3.17. The van der Waals surface area contributed by atoms with Gasteiger partial charge >= 0.3 is 0 Å². The molecule has 0 unspecified atom stereocenters. The number of thiazole rings is 1. The van der Waals surface area contributed by atoms with Gasteiger partial charge in [0.2, 0.25) is 5.91 Å². The van der Waals surface area contributed by atoms with Crippen LogP contribution < -0.4 is 5.32 Å². The maximum absolute atomic E-state index is 12.7.